The van der Waals surface area contributed by atoms with Crippen LogP contribution < -0.4 is 0 Å². The molecule has 0 fully saturated rings. The Morgan fingerprint density at radius 1 is 1.25 bits per heavy atom. The molecule has 0 aliphatic heterocycles. The van der Waals surface area contributed by atoms with E-state index in [1.807, 2.05) is 18.2 Å². The van der Waals surface area contributed by atoms with E-state index in [2.05, 4.69) is 42.5 Å². The summed E-state index contributed by atoms with van der Waals surface area (Å²) in [5, 5.41) is 0. The minimum absolute atomic E-state index is 0.196. The maximum Gasteiger partial charge on any atom is 0.334 e. The van der Waals surface area contributed by atoms with Crippen molar-refractivity contribution in [3.05, 3.63) is 65.8 Å². The van der Waals surface area contributed by atoms with Crippen molar-refractivity contribution in [3.63, 3.8) is 0 Å². The largest absolute Gasteiger partial charge is 0.466 e. The zero-order chi connectivity index (χ0) is 13.9. The number of allylic oxidation sites excluding steroid dienone is 4. The molecular formula is C18H18O2. The van der Waals surface area contributed by atoms with Gasteiger partial charge in [0.05, 0.1) is 7.11 Å². The average molecular weight is 266 g/mol. The van der Waals surface area contributed by atoms with Crippen molar-refractivity contribution in [2.45, 2.75) is 6.42 Å². The molecular weight excluding hydrogens is 248 g/mol. The van der Waals surface area contributed by atoms with Gasteiger partial charge in [-0.2, -0.15) is 0 Å². The molecule has 0 N–H and O–H groups in total. The third kappa shape index (κ3) is 2.46. The SMILES string of the molecule is COC(=O)C1=C[C@@H](/C=C/c2ccccc2)C2C=C[C@@H]1C2. The van der Waals surface area contributed by atoms with Gasteiger partial charge in [0, 0.05) is 17.4 Å². The van der Waals surface area contributed by atoms with Gasteiger partial charge in [0.2, 0.25) is 0 Å². The first kappa shape index (κ1) is 12.9. The number of carbonyl (C=O) groups is 1. The fourth-order valence-electron chi connectivity index (χ4n) is 3.02. The predicted molar refractivity (Wildman–Crippen MR) is 79.8 cm³/mol. The zero-order valence-electron chi connectivity index (χ0n) is 11.5. The van der Waals surface area contributed by atoms with Crippen LogP contribution in [0.4, 0.5) is 0 Å². The van der Waals surface area contributed by atoms with Crippen molar-refractivity contribution in [3.8, 4) is 0 Å². The van der Waals surface area contributed by atoms with E-state index in [0.29, 0.717) is 5.92 Å². The van der Waals surface area contributed by atoms with Gasteiger partial charge in [-0.25, -0.2) is 4.79 Å². The molecule has 102 valence electrons. The van der Waals surface area contributed by atoms with Gasteiger partial charge in [0.25, 0.3) is 0 Å². The van der Waals surface area contributed by atoms with Crippen LogP contribution in [0.3, 0.4) is 0 Å². The van der Waals surface area contributed by atoms with Crippen molar-refractivity contribution in [2.75, 3.05) is 7.11 Å². The molecule has 0 spiro atoms. The number of carbonyl (C=O) groups excluding carboxylic acids is 1. The molecule has 1 unspecified atom stereocenters. The van der Waals surface area contributed by atoms with Crippen molar-refractivity contribution in [1.82, 2.24) is 0 Å². The van der Waals surface area contributed by atoms with Crippen LogP contribution in [0.5, 0.6) is 0 Å². The average Bonchev–Trinajstić information content (AvgIpc) is 2.91. The van der Waals surface area contributed by atoms with Gasteiger partial charge in [-0.3, -0.25) is 0 Å². The molecule has 1 aromatic rings. The Labute approximate surface area is 119 Å². The van der Waals surface area contributed by atoms with E-state index in [0.717, 1.165) is 12.0 Å². The lowest BCUT2D eigenvalue weighted by atomic mass is 9.79. The van der Waals surface area contributed by atoms with Crippen LogP contribution in [0.2, 0.25) is 0 Å². The number of hydrogen-bond acceptors (Lipinski definition) is 2. The van der Waals surface area contributed by atoms with Crippen LogP contribution in [0.25, 0.3) is 6.08 Å². The number of rotatable bonds is 3. The summed E-state index contributed by atoms with van der Waals surface area (Å²) in [4.78, 5) is 11.8. The number of ether oxygens (including phenoxy) is 1. The second-order valence-electron chi connectivity index (χ2n) is 5.35. The first-order chi connectivity index (χ1) is 9.78. The van der Waals surface area contributed by atoms with E-state index >= 15 is 0 Å². The molecule has 0 amide bonds. The third-order valence-corrected chi connectivity index (χ3v) is 4.11. The third-order valence-electron chi connectivity index (χ3n) is 4.11. The monoisotopic (exact) mass is 266 g/mol. The fourth-order valence-corrected chi connectivity index (χ4v) is 3.02. The maximum atomic E-state index is 11.8. The Morgan fingerprint density at radius 3 is 2.80 bits per heavy atom. The maximum absolute atomic E-state index is 11.8. The molecule has 2 aliphatic carbocycles. The summed E-state index contributed by atoms with van der Waals surface area (Å²) in [5.41, 5.74) is 1.99. The molecule has 2 bridgehead atoms. The Bertz CT molecular complexity index is 581. The summed E-state index contributed by atoms with van der Waals surface area (Å²) in [6, 6.07) is 10.2. The lowest BCUT2D eigenvalue weighted by Crippen LogP contribution is -2.21. The van der Waals surface area contributed by atoms with E-state index < -0.39 is 0 Å². The zero-order valence-corrected chi connectivity index (χ0v) is 11.5. The van der Waals surface area contributed by atoms with Gasteiger partial charge in [0.15, 0.2) is 0 Å². The highest BCUT2D eigenvalue weighted by atomic mass is 16.5. The molecule has 0 aromatic heterocycles. The Balaban J connectivity index is 1.84. The van der Waals surface area contributed by atoms with Crippen LogP contribution in [0.1, 0.15) is 12.0 Å². The summed E-state index contributed by atoms with van der Waals surface area (Å²) >= 11 is 0. The minimum atomic E-state index is -0.196. The van der Waals surface area contributed by atoms with Gasteiger partial charge in [0.1, 0.15) is 0 Å². The highest BCUT2D eigenvalue weighted by molar-refractivity contribution is 5.90. The van der Waals surface area contributed by atoms with E-state index in [1.165, 1.54) is 12.7 Å². The molecule has 0 heterocycles. The topological polar surface area (TPSA) is 26.3 Å². The summed E-state index contributed by atoms with van der Waals surface area (Å²) in [6.07, 6.45) is 11.8. The van der Waals surface area contributed by atoms with E-state index in [9.17, 15) is 4.79 Å². The van der Waals surface area contributed by atoms with Crippen molar-refractivity contribution < 1.29 is 9.53 Å². The number of methoxy groups -OCH3 is 1. The number of hydrogen-bond donors (Lipinski definition) is 0. The molecule has 2 heteroatoms. The molecule has 0 saturated heterocycles. The highest BCUT2D eigenvalue weighted by Crippen LogP contribution is 2.41. The Kier molecular flexibility index (Phi) is 3.55. The summed E-state index contributed by atoms with van der Waals surface area (Å²) in [7, 11) is 1.45. The van der Waals surface area contributed by atoms with Gasteiger partial charge in [-0.05, 0) is 17.9 Å². The second-order valence-corrected chi connectivity index (χ2v) is 5.35. The van der Waals surface area contributed by atoms with Gasteiger partial charge in [-0.15, -0.1) is 0 Å². The number of esters is 1. The molecule has 20 heavy (non-hydrogen) atoms. The molecule has 0 saturated carbocycles. The molecule has 2 nitrogen and oxygen atoms in total. The van der Waals surface area contributed by atoms with Crippen molar-refractivity contribution in [1.29, 1.82) is 0 Å². The van der Waals surface area contributed by atoms with E-state index in [4.69, 9.17) is 4.74 Å². The Morgan fingerprint density at radius 2 is 2.05 bits per heavy atom. The van der Waals surface area contributed by atoms with Crippen LogP contribution in [0.15, 0.2) is 60.2 Å². The van der Waals surface area contributed by atoms with E-state index in [1.54, 1.807) is 0 Å². The van der Waals surface area contributed by atoms with Crippen LogP contribution >= 0.6 is 0 Å². The number of benzene rings is 1. The minimum Gasteiger partial charge on any atom is -0.466 e. The lowest BCUT2D eigenvalue weighted by molar-refractivity contribution is -0.136. The van der Waals surface area contributed by atoms with Crippen LogP contribution in [-0.4, -0.2) is 13.1 Å². The summed E-state index contributed by atoms with van der Waals surface area (Å²) in [6.45, 7) is 0. The molecule has 0 radical (unpaired) electrons. The van der Waals surface area contributed by atoms with Crippen LogP contribution in [0, 0.1) is 17.8 Å². The Hall–Kier alpha value is -2.09. The van der Waals surface area contributed by atoms with Crippen LogP contribution in [-0.2, 0) is 9.53 Å². The smallest absolute Gasteiger partial charge is 0.334 e. The first-order valence-electron chi connectivity index (χ1n) is 6.99. The predicted octanol–water partition coefficient (Wildman–Crippen LogP) is 3.62. The molecule has 1 aromatic carbocycles. The van der Waals surface area contributed by atoms with Crippen molar-refractivity contribution in [2.24, 2.45) is 17.8 Å². The second kappa shape index (κ2) is 5.49. The molecule has 3 atom stereocenters. The molecule has 3 rings (SSSR count). The fraction of sp³-hybridized carbons (Fsp3) is 0.278. The van der Waals surface area contributed by atoms with Gasteiger partial charge >= 0.3 is 5.97 Å². The van der Waals surface area contributed by atoms with Gasteiger partial charge < -0.3 is 4.74 Å². The summed E-state index contributed by atoms with van der Waals surface area (Å²) in [5.74, 6) is 0.833. The normalized spacial score (nSPS) is 27.6. The molecule has 2 aliphatic rings. The highest BCUT2D eigenvalue weighted by Gasteiger charge is 2.34. The standard InChI is InChI=1S/C18H18O2/c1-20-18(19)17-12-15(14-9-10-16(17)11-14)8-7-13-5-3-2-4-6-13/h2-10,12,14-16H,11H2,1H3/b8-7+/t14?,15-,16-/m1/s1. The first-order valence-corrected chi connectivity index (χ1v) is 6.99. The van der Waals surface area contributed by atoms with E-state index in [-0.39, 0.29) is 17.8 Å². The number of fused-ring (bicyclic) bond motifs is 2. The summed E-state index contributed by atoms with van der Waals surface area (Å²) < 4.78 is 4.89. The lowest BCUT2D eigenvalue weighted by Gasteiger charge is -2.25. The van der Waals surface area contributed by atoms with Gasteiger partial charge in [-0.1, -0.05) is 60.7 Å². The van der Waals surface area contributed by atoms with Crippen molar-refractivity contribution >= 4 is 12.0 Å². The quantitative estimate of drug-likeness (QED) is 0.617.